The number of sulfone groups is 1. The van der Waals surface area contributed by atoms with Crippen LogP contribution in [0.3, 0.4) is 0 Å². The Kier molecular flexibility index (Phi) is 6.00. The molecule has 0 spiro atoms. The summed E-state index contributed by atoms with van der Waals surface area (Å²) >= 11 is 1.16. The van der Waals surface area contributed by atoms with Gasteiger partial charge in [0, 0.05) is 7.05 Å². The van der Waals surface area contributed by atoms with Crippen molar-refractivity contribution in [1.29, 1.82) is 0 Å². The van der Waals surface area contributed by atoms with E-state index in [1.807, 2.05) is 0 Å². The lowest BCUT2D eigenvalue weighted by Gasteiger charge is -2.07. The minimum atomic E-state index is -3.49. The van der Waals surface area contributed by atoms with Gasteiger partial charge in [0.05, 0.1) is 16.8 Å². The minimum Gasteiger partial charge on any atom is -0.462 e. The van der Waals surface area contributed by atoms with Crippen molar-refractivity contribution in [3.05, 3.63) is 36.2 Å². The Hall–Kier alpha value is -1.87. The fraction of sp³-hybridized carbons (Fsp3) is 0.400. The molecule has 1 aromatic heterocycles. The molecule has 0 atom stereocenters. The molecular weight excluding hydrogens is 350 g/mol. The molecule has 9 heteroatoms. The first kappa shape index (κ1) is 18.5. The maximum Gasteiger partial charge on any atom is 0.316 e. The van der Waals surface area contributed by atoms with E-state index in [2.05, 4.69) is 10.2 Å². The van der Waals surface area contributed by atoms with Gasteiger partial charge < -0.3 is 9.30 Å². The Labute approximate surface area is 145 Å². The van der Waals surface area contributed by atoms with Gasteiger partial charge in [-0.15, -0.1) is 10.2 Å². The van der Waals surface area contributed by atoms with Crippen LogP contribution in [0.4, 0.5) is 0 Å². The van der Waals surface area contributed by atoms with Crippen LogP contribution in [0.1, 0.15) is 19.7 Å². The summed E-state index contributed by atoms with van der Waals surface area (Å²) < 4.78 is 31.4. The molecule has 130 valence electrons. The van der Waals surface area contributed by atoms with Crippen LogP contribution in [0.5, 0.6) is 0 Å². The lowest BCUT2D eigenvalue weighted by Crippen LogP contribution is -2.14. The Balaban J connectivity index is 2.06. The minimum absolute atomic E-state index is 0.0928. The highest BCUT2D eigenvalue weighted by Gasteiger charge is 2.20. The van der Waals surface area contributed by atoms with Gasteiger partial charge in [0.15, 0.2) is 15.0 Å². The SMILES string of the molecule is CC(C)OC(=O)CSc1nnc(CS(=O)(=O)c2ccccc2)n1C. The number of benzene rings is 1. The maximum atomic E-state index is 12.4. The zero-order chi connectivity index (χ0) is 17.7. The third-order valence-corrected chi connectivity index (χ3v) is 5.66. The van der Waals surface area contributed by atoms with Crippen molar-refractivity contribution in [2.24, 2.45) is 7.05 Å². The largest absolute Gasteiger partial charge is 0.462 e. The number of ether oxygens (including phenoxy) is 1. The second-order valence-electron chi connectivity index (χ2n) is 5.36. The second kappa shape index (κ2) is 7.80. The molecule has 7 nitrogen and oxygen atoms in total. The van der Waals surface area contributed by atoms with Gasteiger partial charge in [-0.3, -0.25) is 4.79 Å². The number of esters is 1. The van der Waals surface area contributed by atoms with E-state index in [0.29, 0.717) is 11.0 Å². The molecule has 0 aliphatic heterocycles. The predicted octanol–water partition coefficient (Wildman–Crippen LogP) is 1.83. The summed E-state index contributed by atoms with van der Waals surface area (Å²) in [5, 5.41) is 8.34. The summed E-state index contributed by atoms with van der Waals surface area (Å²) in [7, 11) is -1.82. The molecule has 0 N–H and O–H groups in total. The van der Waals surface area contributed by atoms with E-state index in [-0.39, 0.29) is 28.5 Å². The fourth-order valence-electron chi connectivity index (χ4n) is 1.90. The number of rotatable bonds is 7. The molecule has 0 aliphatic rings. The first-order chi connectivity index (χ1) is 11.3. The first-order valence-electron chi connectivity index (χ1n) is 7.28. The van der Waals surface area contributed by atoms with Crippen molar-refractivity contribution in [2.75, 3.05) is 5.75 Å². The second-order valence-corrected chi connectivity index (χ2v) is 8.29. The van der Waals surface area contributed by atoms with Gasteiger partial charge in [0.25, 0.3) is 0 Å². The third kappa shape index (κ3) is 4.81. The van der Waals surface area contributed by atoms with E-state index < -0.39 is 9.84 Å². The maximum absolute atomic E-state index is 12.4. The highest BCUT2D eigenvalue weighted by Crippen LogP contribution is 2.19. The van der Waals surface area contributed by atoms with E-state index in [0.717, 1.165) is 11.8 Å². The summed E-state index contributed by atoms with van der Waals surface area (Å²) in [5.41, 5.74) is 0. The van der Waals surface area contributed by atoms with Gasteiger partial charge >= 0.3 is 5.97 Å². The van der Waals surface area contributed by atoms with Crippen LogP contribution in [0.25, 0.3) is 0 Å². The van der Waals surface area contributed by atoms with Crippen molar-refractivity contribution in [2.45, 2.75) is 35.8 Å². The Morgan fingerprint density at radius 1 is 1.25 bits per heavy atom. The summed E-state index contributed by atoms with van der Waals surface area (Å²) in [4.78, 5) is 11.8. The smallest absolute Gasteiger partial charge is 0.316 e. The Morgan fingerprint density at radius 2 is 1.92 bits per heavy atom. The summed E-state index contributed by atoms with van der Waals surface area (Å²) in [5.74, 6) is -0.192. The quantitative estimate of drug-likeness (QED) is 0.543. The standard InChI is InChI=1S/C15H19N3O4S2/c1-11(2)22-14(19)9-23-15-17-16-13(18(15)3)10-24(20,21)12-7-5-4-6-8-12/h4-8,11H,9-10H2,1-3H3. The van der Waals surface area contributed by atoms with E-state index in [1.54, 1.807) is 55.8 Å². The molecule has 0 fully saturated rings. The monoisotopic (exact) mass is 369 g/mol. The van der Waals surface area contributed by atoms with E-state index in [1.165, 1.54) is 0 Å². The molecule has 2 rings (SSSR count). The van der Waals surface area contributed by atoms with E-state index in [9.17, 15) is 13.2 Å². The Bertz CT molecular complexity index is 801. The van der Waals surface area contributed by atoms with Gasteiger partial charge in [-0.25, -0.2) is 8.42 Å². The van der Waals surface area contributed by atoms with Crippen LogP contribution in [0.2, 0.25) is 0 Å². The Morgan fingerprint density at radius 3 is 2.54 bits per heavy atom. The molecule has 0 amide bonds. The molecule has 24 heavy (non-hydrogen) atoms. The van der Waals surface area contributed by atoms with E-state index in [4.69, 9.17) is 4.74 Å². The molecule has 0 aliphatic carbocycles. The first-order valence-corrected chi connectivity index (χ1v) is 9.91. The predicted molar refractivity (Wildman–Crippen MR) is 90.3 cm³/mol. The number of hydrogen-bond donors (Lipinski definition) is 0. The molecule has 0 saturated heterocycles. The van der Waals surface area contributed by atoms with Gasteiger partial charge in [-0.1, -0.05) is 30.0 Å². The van der Waals surface area contributed by atoms with Crippen LogP contribution in [0.15, 0.2) is 40.4 Å². The molecule has 0 unspecified atom stereocenters. The summed E-state index contributed by atoms with van der Waals surface area (Å²) in [6, 6.07) is 8.19. The van der Waals surface area contributed by atoms with Crippen molar-refractivity contribution in [1.82, 2.24) is 14.8 Å². The molecular formula is C15H19N3O4S2. The van der Waals surface area contributed by atoms with Gasteiger partial charge in [-0.05, 0) is 26.0 Å². The number of nitrogens with zero attached hydrogens (tertiary/aromatic N) is 3. The normalized spacial score (nSPS) is 11.7. The van der Waals surface area contributed by atoms with Gasteiger partial charge in [0.1, 0.15) is 11.6 Å². The lowest BCUT2D eigenvalue weighted by atomic mass is 10.4. The molecule has 0 bridgehead atoms. The highest BCUT2D eigenvalue weighted by molar-refractivity contribution is 7.99. The molecule has 1 aromatic carbocycles. The summed E-state index contributed by atoms with van der Waals surface area (Å²) in [6.07, 6.45) is -0.177. The van der Waals surface area contributed by atoms with Crippen LogP contribution >= 0.6 is 11.8 Å². The average molecular weight is 369 g/mol. The average Bonchev–Trinajstić information content (AvgIpc) is 2.85. The number of hydrogen-bond acceptors (Lipinski definition) is 7. The number of carbonyl (C=O) groups is 1. The van der Waals surface area contributed by atoms with Crippen molar-refractivity contribution >= 4 is 27.6 Å². The topological polar surface area (TPSA) is 91.2 Å². The zero-order valence-electron chi connectivity index (χ0n) is 13.7. The number of carbonyl (C=O) groups excluding carboxylic acids is 1. The zero-order valence-corrected chi connectivity index (χ0v) is 15.3. The number of aromatic nitrogens is 3. The molecule has 0 radical (unpaired) electrons. The van der Waals surface area contributed by atoms with Crippen molar-refractivity contribution in [3.63, 3.8) is 0 Å². The molecule has 1 heterocycles. The van der Waals surface area contributed by atoms with Crippen LogP contribution in [0, 0.1) is 0 Å². The van der Waals surface area contributed by atoms with E-state index >= 15 is 0 Å². The highest BCUT2D eigenvalue weighted by atomic mass is 32.2. The van der Waals surface area contributed by atoms with Gasteiger partial charge in [-0.2, -0.15) is 0 Å². The lowest BCUT2D eigenvalue weighted by molar-refractivity contribution is -0.144. The van der Waals surface area contributed by atoms with Crippen LogP contribution < -0.4 is 0 Å². The van der Waals surface area contributed by atoms with Crippen molar-refractivity contribution in [3.8, 4) is 0 Å². The third-order valence-electron chi connectivity index (χ3n) is 3.03. The van der Waals surface area contributed by atoms with Crippen LogP contribution in [-0.2, 0) is 32.2 Å². The molecule has 2 aromatic rings. The summed E-state index contributed by atoms with van der Waals surface area (Å²) in [6.45, 7) is 3.55. The number of thioether (sulfide) groups is 1. The molecule has 0 saturated carbocycles. The van der Waals surface area contributed by atoms with Gasteiger partial charge in [0.2, 0.25) is 0 Å². The van der Waals surface area contributed by atoms with Crippen LogP contribution in [-0.4, -0.2) is 41.0 Å². The van der Waals surface area contributed by atoms with Crippen molar-refractivity contribution < 1.29 is 17.9 Å². The fourth-order valence-corrected chi connectivity index (χ4v) is 3.94.